The van der Waals surface area contributed by atoms with E-state index in [1.807, 2.05) is 25.1 Å². The zero-order valence-electron chi connectivity index (χ0n) is 18.4. The Kier molecular flexibility index (Phi) is 6.24. The molecule has 1 fully saturated rings. The molecule has 0 saturated carbocycles. The molecular weight excluding hydrogens is 482 g/mol. The summed E-state index contributed by atoms with van der Waals surface area (Å²) >= 11 is 7.70. The molecule has 0 bridgehead atoms. The van der Waals surface area contributed by atoms with Crippen LogP contribution in [0, 0.1) is 11.6 Å². The Bertz CT molecular complexity index is 1290. The number of fused-ring (bicyclic) bond motifs is 1. The van der Waals surface area contributed by atoms with Crippen LogP contribution in [0.2, 0.25) is 5.02 Å². The number of hydrogen-bond donors (Lipinski definition) is 1. The van der Waals surface area contributed by atoms with Crippen LogP contribution in [0.1, 0.15) is 12.5 Å². The highest BCUT2D eigenvalue weighted by molar-refractivity contribution is 7.22. The first-order valence-electron chi connectivity index (χ1n) is 10.9. The Balaban J connectivity index is 1.37. The molecule has 0 spiro atoms. The minimum absolute atomic E-state index is 0.0183. The number of aromatic nitrogens is 4. The third kappa shape index (κ3) is 4.38. The monoisotopic (exact) mass is 504 g/mol. The predicted molar refractivity (Wildman–Crippen MR) is 128 cm³/mol. The normalized spacial score (nSPS) is 17.7. The van der Waals surface area contributed by atoms with Crippen LogP contribution in [0.15, 0.2) is 49.1 Å². The summed E-state index contributed by atoms with van der Waals surface area (Å²) in [6, 6.07) is 8.45. The summed E-state index contributed by atoms with van der Waals surface area (Å²) < 4.78 is 30.9. The molecule has 1 N–H and O–H groups in total. The molecule has 2 aromatic heterocycles. The third-order valence-electron chi connectivity index (χ3n) is 6.43. The number of hydrogen-bond acceptors (Lipinski definition) is 7. The first-order chi connectivity index (χ1) is 16.3. The SMILES string of the molecule is CC(N1CCN(c2nc3ccc(Cl)cc3s2)CC1)C(O)(Cn1cncn1)c1ccc(F)cc1F. The quantitative estimate of drug-likeness (QED) is 0.429. The van der Waals surface area contributed by atoms with Crippen molar-refractivity contribution in [3.8, 4) is 0 Å². The van der Waals surface area contributed by atoms with Crippen molar-refractivity contribution in [2.24, 2.45) is 0 Å². The predicted octanol–water partition coefficient (Wildman–Crippen LogP) is 3.92. The van der Waals surface area contributed by atoms with Gasteiger partial charge in [0.1, 0.15) is 29.9 Å². The molecule has 2 atom stereocenters. The average molecular weight is 505 g/mol. The van der Waals surface area contributed by atoms with Crippen molar-refractivity contribution in [3.63, 3.8) is 0 Å². The van der Waals surface area contributed by atoms with Gasteiger partial charge in [-0.2, -0.15) is 5.10 Å². The second-order valence-electron chi connectivity index (χ2n) is 8.45. The van der Waals surface area contributed by atoms with Gasteiger partial charge in [0, 0.05) is 48.9 Å². The van der Waals surface area contributed by atoms with Crippen LogP contribution in [0.3, 0.4) is 0 Å². The Hall–Kier alpha value is -2.66. The molecule has 2 aromatic carbocycles. The molecule has 7 nitrogen and oxygen atoms in total. The smallest absolute Gasteiger partial charge is 0.186 e. The molecule has 34 heavy (non-hydrogen) atoms. The van der Waals surface area contributed by atoms with Crippen LogP contribution < -0.4 is 4.90 Å². The van der Waals surface area contributed by atoms with E-state index in [1.54, 1.807) is 11.3 Å². The number of thiazole rings is 1. The van der Waals surface area contributed by atoms with Gasteiger partial charge < -0.3 is 10.0 Å². The number of benzene rings is 2. The van der Waals surface area contributed by atoms with Crippen LogP contribution in [-0.2, 0) is 12.1 Å². The van der Waals surface area contributed by atoms with Gasteiger partial charge in [-0.25, -0.2) is 23.4 Å². The number of anilines is 1. The van der Waals surface area contributed by atoms with E-state index in [2.05, 4.69) is 19.9 Å². The molecule has 0 radical (unpaired) electrons. The van der Waals surface area contributed by atoms with Crippen molar-refractivity contribution >= 4 is 38.3 Å². The van der Waals surface area contributed by atoms with Crippen molar-refractivity contribution in [3.05, 3.63) is 71.3 Å². The van der Waals surface area contributed by atoms with Crippen LogP contribution in [0.25, 0.3) is 10.2 Å². The van der Waals surface area contributed by atoms with Crippen molar-refractivity contribution < 1.29 is 13.9 Å². The van der Waals surface area contributed by atoms with Gasteiger partial charge in [-0.05, 0) is 31.2 Å². The first-order valence-corrected chi connectivity index (χ1v) is 12.1. The Morgan fingerprint density at radius 3 is 2.65 bits per heavy atom. The lowest BCUT2D eigenvalue weighted by Crippen LogP contribution is -2.57. The lowest BCUT2D eigenvalue weighted by Gasteiger charge is -2.44. The molecular formula is C23H23ClF2N6OS. The Morgan fingerprint density at radius 2 is 1.94 bits per heavy atom. The highest BCUT2D eigenvalue weighted by Gasteiger charge is 2.42. The van der Waals surface area contributed by atoms with Gasteiger partial charge in [-0.15, -0.1) is 0 Å². The second-order valence-corrected chi connectivity index (χ2v) is 9.89. The summed E-state index contributed by atoms with van der Waals surface area (Å²) in [5.74, 6) is -1.48. The molecule has 2 unspecified atom stereocenters. The van der Waals surface area contributed by atoms with Crippen molar-refractivity contribution in [2.75, 3.05) is 31.1 Å². The molecule has 1 aliphatic rings. The molecule has 178 valence electrons. The maximum absolute atomic E-state index is 14.8. The summed E-state index contributed by atoms with van der Waals surface area (Å²) in [5, 5.41) is 17.5. The summed E-state index contributed by atoms with van der Waals surface area (Å²) in [5.41, 5.74) is -0.711. The van der Waals surface area contributed by atoms with Gasteiger partial charge in [0.25, 0.3) is 0 Å². The van der Waals surface area contributed by atoms with E-state index in [9.17, 15) is 13.9 Å². The largest absolute Gasteiger partial charge is 0.381 e. The van der Waals surface area contributed by atoms with Gasteiger partial charge in [0.05, 0.1) is 16.8 Å². The fourth-order valence-electron chi connectivity index (χ4n) is 4.47. The minimum atomic E-state index is -1.65. The number of aliphatic hydroxyl groups is 1. The van der Waals surface area contributed by atoms with Crippen LogP contribution in [-0.4, -0.2) is 62.0 Å². The lowest BCUT2D eigenvalue weighted by atomic mass is 9.85. The van der Waals surface area contributed by atoms with E-state index in [0.29, 0.717) is 31.2 Å². The number of halogens is 3. The number of rotatable bonds is 6. The van der Waals surface area contributed by atoms with Crippen LogP contribution >= 0.6 is 22.9 Å². The fraction of sp³-hybridized carbons (Fsp3) is 0.348. The fourth-order valence-corrected chi connectivity index (χ4v) is 5.76. The van der Waals surface area contributed by atoms with E-state index < -0.39 is 23.3 Å². The maximum atomic E-state index is 14.8. The van der Waals surface area contributed by atoms with Crippen LogP contribution in [0.5, 0.6) is 0 Å². The third-order valence-corrected chi connectivity index (χ3v) is 7.74. The van der Waals surface area contributed by atoms with Gasteiger partial charge in [0.2, 0.25) is 0 Å². The van der Waals surface area contributed by atoms with E-state index in [4.69, 9.17) is 16.6 Å². The van der Waals surface area contributed by atoms with Gasteiger partial charge in [-0.3, -0.25) is 4.90 Å². The van der Waals surface area contributed by atoms with Crippen molar-refractivity contribution in [1.82, 2.24) is 24.6 Å². The van der Waals surface area contributed by atoms with Crippen molar-refractivity contribution in [1.29, 1.82) is 0 Å². The van der Waals surface area contributed by atoms with Crippen LogP contribution in [0.4, 0.5) is 13.9 Å². The standard InChI is InChI=1S/C23H23ClF2N6OS/c1-15(23(33,12-32-14-27-13-28-32)18-4-3-17(25)11-19(18)26)30-6-8-31(9-7-30)22-29-20-5-2-16(24)10-21(20)34-22/h2-5,10-11,13-15,33H,6-9,12H2,1H3. The zero-order valence-corrected chi connectivity index (χ0v) is 20.0. The van der Waals surface area contributed by atoms with E-state index >= 15 is 0 Å². The molecule has 5 rings (SSSR count). The Morgan fingerprint density at radius 1 is 1.15 bits per heavy atom. The number of nitrogens with zero attached hydrogens (tertiary/aromatic N) is 6. The summed E-state index contributed by atoms with van der Waals surface area (Å²) in [6.45, 7) is 4.51. The molecule has 1 aliphatic heterocycles. The molecule has 0 amide bonds. The van der Waals surface area contributed by atoms with Crippen molar-refractivity contribution in [2.45, 2.75) is 25.1 Å². The molecule has 0 aliphatic carbocycles. The second kappa shape index (κ2) is 9.18. The Labute approximate surface area is 204 Å². The van der Waals surface area contributed by atoms with E-state index in [-0.39, 0.29) is 12.1 Å². The lowest BCUT2D eigenvalue weighted by molar-refractivity contribution is -0.0650. The highest BCUT2D eigenvalue weighted by Crippen LogP contribution is 2.35. The van der Waals surface area contributed by atoms with Gasteiger partial charge in [0.15, 0.2) is 5.13 Å². The summed E-state index contributed by atoms with van der Waals surface area (Å²) in [4.78, 5) is 13.0. The van der Waals surface area contributed by atoms with Gasteiger partial charge >= 0.3 is 0 Å². The van der Waals surface area contributed by atoms with E-state index in [0.717, 1.165) is 27.5 Å². The summed E-state index contributed by atoms with van der Waals surface area (Å²) in [7, 11) is 0. The first kappa shape index (κ1) is 23.1. The molecule has 11 heteroatoms. The molecule has 1 saturated heterocycles. The van der Waals surface area contributed by atoms with E-state index in [1.165, 1.54) is 23.4 Å². The zero-order chi connectivity index (χ0) is 23.9. The maximum Gasteiger partial charge on any atom is 0.186 e. The average Bonchev–Trinajstić information content (AvgIpc) is 3.48. The topological polar surface area (TPSA) is 70.3 Å². The highest BCUT2D eigenvalue weighted by atomic mass is 35.5. The summed E-state index contributed by atoms with van der Waals surface area (Å²) in [6.07, 6.45) is 2.83. The van der Waals surface area contributed by atoms with Gasteiger partial charge in [-0.1, -0.05) is 29.0 Å². The minimum Gasteiger partial charge on any atom is -0.381 e. The molecule has 4 aromatic rings. The number of piperazine rings is 1. The molecule has 3 heterocycles.